The van der Waals surface area contributed by atoms with E-state index in [2.05, 4.69) is 56.4 Å². The molecule has 0 saturated heterocycles. The largest absolute Gasteiger partial charge is 0.406 e. The first-order valence-corrected chi connectivity index (χ1v) is 6.27. The van der Waals surface area contributed by atoms with Crippen molar-refractivity contribution in [1.82, 2.24) is 15.5 Å². The smallest absolute Gasteiger partial charge is 0.320 e. The van der Waals surface area contributed by atoms with Crippen molar-refractivity contribution in [3.05, 3.63) is 33.2 Å². The van der Waals surface area contributed by atoms with Crippen LogP contribution in [0.2, 0.25) is 0 Å². The Balaban J connectivity index is 2.16. The average molecular weight is 344 g/mol. The summed E-state index contributed by atoms with van der Waals surface area (Å²) in [6, 6.07) is 6.45. The summed E-state index contributed by atoms with van der Waals surface area (Å²) in [5.41, 5.74) is 2.15. The topological polar surface area (TPSA) is 63.0 Å². The van der Waals surface area contributed by atoms with E-state index in [1.807, 2.05) is 19.2 Å². The average Bonchev–Trinajstić information content (AvgIpc) is 2.73. The van der Waals surface area contributed by atoms with Crippen molar-refractivity contribution in [3.63, 3.8) is 0 Å². The van der Waals surface area contributed by atoms with Crippen LogP contribution >= 0.6 is 22.6 Å². The number of hydrogen-bond donors (Lipinski definition) is 2. The molecule has 1 aromatic carbocycles. The lowest BCUT2D eigenvalue weighted by Crippen LogP contribution is -2.04. The van der Waals surface area contributed by atoms with Gasteiger partial charge < -0.3 is 15.1 Å². The van der Waals surface area contributed by atoms with Crippen molar-refractivity contribution in [2.45, 2.75) is 13.5 Å². The lowest BCUT2D eigenvalue weighted by atomic mass is 10.2. The predicted octanol–water partition coefficient (Wildman–Crippen LogP) is 2.45. The zero-order valence-corrected chi connectivity index (χ0v) is 11.8. The third kappa shape index (κ3) is 2.95. The first-order valence-electron chi connectivity index (χ1n) is 5.20. The van der Waals surface area contributed by atoms with Gasteiger partial charge in [0.05, 0.1) is 6.54 Å². The van der Waals surface area contributed by atoms with Crippen LogP contribution in [-0.2, 0) is 6.54 Å². The molecule has 1 aromatic heterocycles. The normalized spacial score (nSPS) is 10.5. The molecule has 1 heterocycles. The first-order chi connectivity index (χ1) is 8.20. The van der Waals surface area contributed by atoms with Gasteiger partial charge in [0.15, 0.2) is 0 Å². The second-order valence-corrected chi connectivity index (χ2v) is 4.73. The molecule has 6 heteroatoms. The van der Waals surface area contributed by atoms with Crippen LogP contribution in [0, 0.1) is 10.5 Å². The fraction of sp³-hybridized carbons (Fsp3) is 0.273. The molecule has 0 atom stereocenters. The van der Waals surface area contributed by atoms with Crippen LogP contribution in [0.5, 0.6) is 0 Å². The molecule has 0 aliphatic rings. The highest BCUT2D eigenvalue weighted by Gasteiger charge is 2.07. The molecule has 2 rings (SSSR count). The fourth-order valence-corrected chi connectivity index (χ4v) is 1.88. The molecule has 2 N–H and O–H groups in total. The standard InChI is InChI=1S/C11H13IN4O/c1-7-8(12)4-3-5-9(7)14-11-16-15-10(17-11)6-13-2/h3-5,13H,6H2,1-2H3,(H,14,16). The monoisotopic (exact) mass is 344 g/mol. The van der Waals surface area contributed by atoms with E-state index in [0.29, 0.717) is 18.5 Å². The van der Waals surface area contributed by atoms with E-state index >= 15 is 0 Å². The number of nitrogens with one attached hydrogen (secondary N) is 2. The highest BCUT2D eigenvalue weighted by atomic mass is 127. The SMILES string of the molecule is CNCc1nnc(Nc2cccc(I)c2C)o1. The van der Waals surface area contributed by atoms with Crippen molar-refractivity contribution < 1.29 is 4.42 Å². The molecule has 2 aromatic rings. The summed E-state index contributed by atoms with van der Waals surface area (Å²) in [6.45, 7) is 2.62. The van der Waals surface area contributed by atoms with Gasteiger partial charge in [-0.25, -0.2) is 0 Å². The van der Waals surface area contributed by atoms with Crippen molar-refractivity contribution in [2.24, 2.45) is 0 Å². The molecule has 0 unspecified atom stereocenters. The highest BCUT2D eigenvalue weighted by molar-refractivity contribution is 14.1. The zero-order valence-electron chi connectivity index (χ0n) is 9.62. The minimum Gasteiger partial charge on any atom is -0.406 e. The van der Waals surface area contributed by atoms with Gasteiger partial charge in [0.1, 0.15) is 0 Å². The minimum absolute atomic E-state index is 0.417. The highest BCUT2D eigenvalue weighted by Crippen LogP contribution is 2.23. The third-order valence-corrected chi connectivity index (χ3v) is 3.47. The van der Waals surface area contributed by atoms with Crippen LogP contribution in [0.4, 0.5) is 11.7 Å². The Bertz CT molecular complexity index is 512. The molecule has 5 nitrogen and oxygen atoms in total. The zero-order chi connectivity index (χ0) is 12.3. The predicted molar refractivity (Wildman–Crippen MR) is 74.2 cm³/mol. The van der Waals surface area contributed by atoms with Crippen molar-refractivity contribution >= 4 is 34.3 Å². The van der Waals surface area contributed by atoms with Crippen molar-refractivity contribution in [2.75, 3.05) is 12.4 Å². The Morgan fingerprint density at radius 2 is 2.18 bits per heavy atom. The second kappa shape index (κ2) is 5.46. The van der Waals surface area contributed by atoms with Gasteiger partial charge in [-0.15, -0.1) is 5.10 Å². The van der Waals surface area contributed by atoms with Crippen LogP contribution in [-0.4, -0.2) is 17.2 Å². The summed E-state index contributed by atoms with van der Waals surface area (Å²) in [7, 11) is 1.83. The summed E-state index contributed by atoms with van der Waals surface area (Å²) in [5, 5.41) is 13.9. The van der Waals surface area contributed by atoms with Gasteiger partial charge >= 0.3 is 6.01 Å². The summed E-state index contributed by atoms with van der Waals surface area (Å²) in [6.07, 6.45) is 0. The number of hydrogen-bond acceptors (Lipinski definition) is 5. The molecular weight excluding hydrogens is 331 g/mol. The van der Waals surface area contributed by atoms with Crippen LogP contribution in [0.3, 0.4) is 0 Å². The van der Waals surface area contributed by atoms with E-state index in [1.165, 1.54) is 9.13 Å². The van der Waals surface area contributed by atoms with Gasteiger partial charge in [-0.1, -0.05) is 11.2 Å². The maximum Gasteiger partial charge on any atom is 0.320 e. The first kappa shape index (κ1) is 12.3. The number of halogens is 1. The summed E-state index contributed by atoms with van der Waals surface area (Å²) < 4.78 is 6.62. The Hall–Kier alpha value is -1.15. The van der Waals surface area contributed by atoms with Gasteiger partial charge in [0.25, 0.3) is 0 Å². The Labute approximate surface area is 113 Å². The van der Waals surface area contributed by atoms with E-state index in [1.54, 1.807) is 0 Å². The van der Waals surface area contributed by atoms with Crippen LogP contribution in [0.25, 0.3) is 0 Å². The number of benzene rings is 1. The molecule has 17 heavy (non-hydrogen) atoms. The maximum absolute atomic E-state index is 5.42. The molecule has 0 aliphatic carbocycles. The quantitative estimate of drug-likeness (QED) is 0.835. The van der Waals surface area contributed by atoms with E-state index in [9.17, 15) is 0 Å². The van der Waals surface area contributed by atoms with E-state index < -0.39 is 0 Å². The van der Waals surface area contributed by atoms with E-state index in [4.69, 9.17) is 4.42 Å². The van der Waals surface area contributed by atoms with E-state index in [-0.39, 0.29) is 0 Å². The van der Waals surface area contributed by atoms with Crippen molar-refractivity contribution in [3.8, 4) is 0 Å². The molecule has 0 spiro atoms. The molecule has 90 valence electrons. The van der Waals surface area contributed by atoms with Gasteiger partial charge in [-0.05, 0) is 54.3 Å². The van der Waals surface area contributed by atoms with Gasteiger partial charge in [0, 0.05) is 9.26 Å². The molecule has 0 radical (unpaired) electrons. The summed E-state index contributed by atoms with van der Waals surface area (Å²) >= 11 is 2.29. The lowest BCUT2D eigenvalue weighted by molar-refractivity contribution is 0.493. The molecule has 0 fully saturated rings. The Morgan fingerprint density at radius 3 is 2.94 bits per heavy atom. The van der Waals surface area contributed by atoms with Crippen LogP contribution < -0.4 is 10.6 Å². The molecule has 0 bridgehead atoms. The number of aromatic nitrogens is 2. The van der Waals surface area contributed by atoms with Crippen molar-refractivity contribution in [1.29, 1.82) is 0 Å². The molecule has 0 amide bonds. The Kier molecular flexibility index (Phi) is 3.95. The summed E-state index contributed by atoms with van der Waals surface area (Å²) in [5.74, 6) is 0.568. The van der Waals surface area contributed by atoms with Gasteiger partial charge in [0.2, 0.25) is 5.89 Å². The van der Waals surface area contributed by atoms with Crippen LogP contribution in [0.1, 0.15) is 11.5 Å². The number of nitrogens with zero attached hydrogens (tertiary/aromatic N) is 2. The second-order valence-electron chi connectivity index (χ2n) is 3.57. The van der Waals surface area contributed by atoms with Gasteiger partial charge in [-0.2, -0.15) is 0 Å². The molecular formula is C11H13IN4O. The number of rotatable bonds is 4. The lowest BCUT2D eigenvalue weighted by Gasteiger charge is -2.06. The van der Waals surface area contributed by atoms with Crippen LogP contribution in [0.15, 0.2) is 22.6 Å². The van der Waals surface area contributed by atoms with E-state index in [0.717, 1.165) is 5.69 Å². The molecule has 0 aliphatic heterocycles. The minimum atomic E-state index is 0.417. The van der Waals surface area contributed by atoms with Gasteiger partial charge in [-0.3, -0.25) is 0 Å². The third-order valence-electron chi connectivity index (χ3n) is 2.30. The summed E-state index contributed by atoms with van der Waals surface area (Å²) in [4.78, 5) is 0. The molecule has 0 saturated carbocycles. The Morgan fingerprint density at radius 1 is 1.35 bits per heavy atom. The maximum atomic E-state index is 5.42. The number of anilines is 2. The fourth-order valence-electron chi connectivity index (χ4n) is 1.38.